The number of fused-ring (bicyclic) bond motifs is 1. The van der Waals surface area contributed by atoms with Gasteiger partial charge in [-0.25, -0.2) is 0 Å². The Balaban J connectivity index is 1.61. The van der Waals surface area contributed by atoms with Gasteiger partial charge in [-0.05, 0) is 76.6 Å². The van der Waals surface area contributed by atoms with Crippen LogP contribution in [0.1, 0.15) is 64.0 Å². The number of unbranched alkanes of at least 4 members (excludes halogenated alkanes) is 3. The second-order valence-corrected chi connectivity index (χ2v) is 7.24. The van der Waals surface area contributed by atoms with Crippen LogP contribution < -0.4 is 10.1 Å². The molecule has 1 aromatic carbocycles. The molecule has 0 saturated carbocycles. The number of hydrogen-bond acceptors (Lipinski definition) is 2. The highest BCUT2D eigenvalue weighted by Gasteiger charge is 2.10. The molecule has 1 aliphatic heterocycles. The molecule has 0 amide bonds. The van der Waals surface area contributed by atoms with Gasteiger partial charge in [0, 0.05) is 5.54 Å². The Kier molecular flexibility index (Phi) is 6.10. The van der Waals surface area contributed by atoms with Gasteiger partial charge in [-0.1, -0.05) is 25.0 Å². The van der Waals surface area contributed by atoms with Crippen LogP contribution in [0.15, 0.2) is 18.2 Å². The Morgan fingerprint density at radius 1 is 1.10 bits per heavy atom. The van der Waals surface area contributed by atoms with Crippen molar-refractivity contribution in [1.29, 1.82) is 0 Å². The predicted octanol–water partition coefficient (Wildman–Crippen LogP) is 4.50. The van der Waals surface area contributed by atoms with Gasteiger partial charge in [0.2, 0.25) is 0 Å². The smallest absolute Gasteiger partial charge is 0.122 e. The molecule has 2 rings (SSSR count). The maximum Gasteiger partial charge on any atom is 0.122 e. The highest BCUT2D eigenvalue weighted by molar-refractivity contribution is 5.38. The molecule has 0 bridgehead atoms. The molecule has 0 aromatic heterocycles. The van der Waals surface area contributed by atoms with E-state index in [1.807, 2.05) is 0 Å². The van der Waals surface area contributed by atoms with Crippen molar-refractivity contribution >= 4 is 0 Å². The van der Waals surface area contributed by atoms with Crippen LogP contribution in [0.4, 0.5) is 0 Å². The molecular weight excluding hydrogens is 258 g/mol. The first kappa shape index (κ1) is 16.4. The van der Waals surface area contributed by atoms with E-state index in [0.717, 1.165) is 25.3 Å². The normalized spacial score (nSPS) is 14.6. The van der Waals surface area contributed by atoms with E-state index in [9.17, 15) is 0 Å². The van der Waals surface area contributed by atoms with E-state index in [0.29, 0.717) is 0 Å². The summed E-state index contributed by atoms with van der Waals surface area (Å²) >= 11 is 0. The summed E-state index contributed by atoms with van der Waals surface area (Å²) in [6.07, 6.45) is 8.81. The molecule has 0 atom stereocenters. The Labute approximate surface area is 130 Å². The third-order valence-electron chi connectivity index (χ3n) is 4.02. The van der Waals surface area contributed by atoms with E-state index < -0.39 is 0 Å². The first-order valence-electron chi connectivity index (χ1n) is 8.54. The minimum atomic E-state index is 0.255. The van der Waals surface area contributed by atoms with Gasteiger partial charge in [0.15, 0.2) is 0 Å². The molecule has 1 aliphatic rings. The number of ether oxygens (including phenoxy) is 1. The lowest BCUT2D eigenvalue weighted by atomic mass is 10.00. The molecule has 0 radical (unpaired) electrons. The van der Waals surface area contributed by atoms with Gasteiger partial charge in [0.1, 0.15) is 5.75 Å². The predicted molar refractivity (Wildman–Crippen MR) is 90.2 cm³/mol. The van der Waals surface area contributed by atoms with Crippen LogP contribution in [-0.2, 0) is 12.8 Å². The second-order valence-electron chi connectivity index (χ2n) is 7.24. The summed E-state index contributed by atoms with van der Waals surface area (Å²) in [5, 5.41) is 3.55. The molecule has 2 nitrogen and oxygen atoms in total. The van der Waals surface area contributed by atoms with Gasteiger partial charge >= 0.3 is 0 Å². The number of aryl methyl sites for hydroxylation is 2. The minimum absolute atomic E-state index is 0.255. The largest absolute Gasteiger partial charge is 0.493 e. The summed E-state index contributed by atoms with van der Waals surface area (Å²) in [7, 11) is 0. The van der Waals surface area contributed by atoms with Crippen LogP contribution >= 0.6 is 0 Å². The van der Waals surface area contributed by atoms with E-state index in [4.69, 9.17) is 4.74 Å². The molecule has 0 unspecified atom stereocenters. The molecule has 0 spiro atoms. The van der Waals surface area contributed by atoms with E-state index >= 15 is 0 Å². The van der Waals surface area contributed by atoms with Crippen LogP contribution in [0.3, 0.4) is 0 Å². The average molecular weight is 289 g/mol. The quantitative estimate of drug-likeness (QED) is 0.746. The maximum absolute atomic E-state index is 5.67. The highest BCUT2D eigenvalue weighted by atomic mass is 16.5. The Morgan fingerprint density at radius 2 is 1.90 bits per heavy atom. The lowest BCUT2D eigenvalue weighted by Gasteiger charge is -2.20. The van der Waals surface area contributed by atoms with Gasteiger partial charge < -0.3 is 10.1 Å². The summed E-state index contributed by atoms with van der Waals surface area (Å²) in [5.74, 6) is 1.11. The van der Waals surface area contributed by atoms with Crippen molar-refractivity contribution in [3.63, 3.8) is 0 Å². The van der Waals surface area contributed by atoms with Gasteiger partial charge in [-0.2, -0.15) is 0 Å². The summed E-state index contributed by atoms with van der Waals surface area (Å²) in [6, 6.07) is 6.76. The highest BCUT2D eigenvalue weighted by Crippen LogP contribution is 2.26. The van der Waals surface area contributed by atoms with E-state index in [2.05, 4.69) is 44.3 Å². The zero-order valence-electron chi connectivity index (χ0n) is 14.0. The monoisotopic (exact) mass is 289 g/mol. The molecule has 21 heavy (non-hydrogen) atoms. The van der Waals surface area contributed by atoms with Crippen molar-refractivity contribution < 1.29 is 4.74 Å². The lowest BCUT2D eigenvalue weighted by molar-refractivity contribution is 0.288. The van der Waals surface area contributed by atoms with Crippen molar-refractivity contribution in [2.45, 2.75) is 71.3 Å². The zero-order valence-corrected chi connectivity index (χ0v) is 14.0. The van der Waals surface area contributed by atoms with Crippen LogP contribution in [0.2, 0.25) is 0 Å². The number of hydrogen-bond donors (Lipinski definition) is 1. The van der Waals surface area contributed by atoms with Gasteiger partial charge in [0.25, 0.3) is 0 Å². The van der Waals surface area contributed by atoms with Crippen LogP contribution in [0.5, 0.6) is 5.75 Å². The molecule has 0 saturated heterocycles. The molecule has 0 aliphatic carbocycles. The Bertz CT molecular complexity index is 434. The second kappa shape index (κ2) is 7.84. The van der Waals surface area contributed by atoms with E-state index in [1.54, 1.807) is 0 Å². The molecular formula is C19H31NO. The standard InChI is InChI=1S/C19H31NO/c1-19(2,3)20-13-7-5-4-6-9-16-11-12-18-17(15-16)10-8-14-21-18/h11-12,15,20H,4-10,13-14H2,1-3H3. The topological polar surface area (TPSA) is 21.3 Å². The van der Waals surface area contributed by atoms with Gasteiger partial charge in [0.05, 0.1) is 6.61 Å². The average Bonchev–Trinajstić information content (AvgIpc) is 2.45. The van der Waals surface area contributed by atoms with Crippen LogP contribution in [-0.4, -0.2) is 18.7 Å². The Hall–Kier alpha value is -1.02. The summed E-state index contributed by atoms with van der Waals surface area (Å²) < 4.78 is 5.67. The zero-order chi connectivity index (χ0) is 15.1. The lowest BCUT2D eigenvalue weighted by Crippen LogP contribution is -2.36. The van der Waals surface area contributed by atoms with Crippen molar-refractivity contribution in [2.75, 3.05) is 13.2 Å². The van der Waals surface area contributed by atoms with Gasteiger partial charge in [-0.3, -0.25) is 0 Å². The summed E-state index contributed by atoms with van der Waals surface area (Å²) in [5.41, 5.74) is 3.14. The summed E-state index contributed by atoms with van der Waals surface area (Å²) in [6.45, 7) is 8.71. The fraction of sp³-hybridized carbons (Fsp3) is 0.684. The third kappa shape index (κ3) is 6.09. The SMILES string of the molecule is CC(C)(C)NCCCCCCc1ccc2c(c1)CCCO2. The fourth-order valence-electron chi connectivity index (χ4n) is 2.84. The molecule has 1 N–H and O–H groups in total. The first-order chi connectivity index (χ1) is 10.0. The fourth-order valence-corrected chi connectivity index (χ4v) is 2.84. The van der Waals surface area contributed by atoms with Crippen LogP contribution in [0, 0.1) is 0 Å². The minimum Gasteiger partial charge on any atom is -0.493 e. The number of nitrogens with one attached hydrogen (secondary N) is 1. The van der Waals surface area contributed by atoms with Crippen LogP contribution in [0.25, 0.3) is 0 Å². The van der Waals surface area contributed by atoms with Crippen molar-refractivity contribution in [3.05, 3.63) is 29.3 Å². The third-order valence-corrected chi connectivity index (χ3v) is 4.02. The van der Waals surface area contributed by atoms with Gasteiger partial charge in [-0.15, -0.1) is 0 Å². The molecule has 1 aromatic rings. The number of rotatable bonds is 7. The van der Waals surface area contributed by atoms with Crippen molar-refractivity contribution in [3.8, 4) is 5.75 Å². The Morgan fingerprint density at radius 3 is 2.71 bits per heavy atom. The van der Waals surface area contributed by atoms with E-state index in [-0.39, 0.29) is 5.54 Å². The maximum atomic E-state index is 5.67. The molecule has 118 valence electrons. The van der Waals surface area contributed by atoms with Crippen molar-refractivity contribution in [2.24, 2.45) is 0 Å². The molecule has 2 heteroatoms. The summed E-state index contributed by atoms with van der Waals surface area (Å²) in [4.78, 5) is 0. The molecule has 1 heterocycles. The van der Waals surface area contributed by atoms with Crippen molar-refractivity contribution in [1.82, 2.24) is 5.32 Å². The number of benzene rings is 1. The van der Waals surface area contributed by atoms with E-state index in [1.165, 1.54) is 49.7 Å². The molecule has 0 fully saturated rings. The first-order valence-corrected chi connectivity index (χ1v) is 8.54.